The van der Waals surface area contributed by atoms with Gasteiger partial charge in [-0.3, -0.25) is 9.59 Å². The molecule has 26 heavy (non-hydrogen) atoms. The number of halogens is 1. The molecule has 0 saturated carbocycles. The number of benzene rings is 1. The Morgan fingerprint density at radius 1 is 1.12 bits per heavy atom. The third-order valence-electron chi connectivity index (χ3n) is 3.55. The minimum Gasteiger partial charge on any atom is -0.444 e. The van der Waals surface area contributed by atoms with Gasteiger partial charge in [0.25, 0.3) is 5.91 Å². The topological polar surface area (TPSA) is 105 Å². The van der Waals surface area contributed by atoms with Crippen molar-refractivity contribution in [2.75, 3.05) is 23.4 Å². The first-order valence-electron chi connectivity index (χ1n) is 7.92. The van der Waals surface area contributed by atoms with Gasteiger partial charge in [0.2, 0.25) is 5.91 Å². The van der Waals surface area contributed by atoms with Crippen molar-refractivity contribution in [3.63, 3.8) is 0 Å². The maximum absolute atomic E-state index is 12.0. The standard InChI is InChI=1S/C17H19BrN2O5S/c1-2-26(23,24)10-9-19-16(21)11-12-3-5-13(6-4-12)20-17(22)14-7-8-15(18)25-14/h3-8H,2,9-11H2,1H3,(H,19,21)(H,20,22). The Bertz CT molecular complexity index is 875. The first-order chi connectivity index (χ1) is 12.3. The van der Waals surface area contributed by atoms with Gasteiger partial charge in [0.05, 0.1) is 12.2 Å². The maximum Gasteiger partial charge on any atom is 0.291 e. The third-order valence-corrected chi connectivity index (χ3v) is 5.68. The highest BCUT2D eigenvalue weighted by Gasteiger charge is 2.11. The predicted octanol–water partition coefficient (Wildman–Crippen LogP) is 2.39. The van der Waals surface area contributed by atoms with Crippen LogP contribution in [0.15, 0.2) is 45.5 Å². The Labute approximate surface area is 160 Å². The van der Waals surface area contributed by atoms with Crippen LogP contribution in [0.3, 0.4) is 0 Å². The highest BCUT2D eigenvalue weighted by Crippen LogP contribution is 2.16. The van der Waals surface area contributed by atoms with Gasteiger partial charge in [0.1, 0.15) is 0 Å². The molecule has 0 aliphatic heterocycles. The number of nitrogens with one attached hydrogen (secondary N) is 2. The molecular weight excluding hydrogens is 424 g/mol. The average molecular weight is 443 g/mol. The van der Waals surface area contributed by atoms with Gasteiger partial charge in [-0.1, -0.05) is 19.1 Å². The summed E-state index contributed by atoms with van der Waals surface area (Å²) in [6.45, 7) is 1.67. The minimum atomic E-state index is -3.09. The molecule has 0 fully saturated rings. The molecule has 0 aliphatic carbocycles. The molecule has 140 valence electrons. The number of furan rings is 1. The number of hydrogen-bond acceptors (Lipinski definition) is 5. The van der Waals surface area contributed by atoms with Gasteiger partial charge in [-0.15, -0.1) is 0 Å². The van der Waals surface area contributed by atoms with E-state index in [1.807, 2.05) is 0 Å². The summed E-state index contributed by atoms with van der Waals surface area (Å²) < 4.78 is 28.4. The van der Waals surface area contributed by atoms with Gasteiger partial charge in [-0.2, -0.15) is 0 Å². The van der Waals surface area contributed by atoms with Crippen LogP contribution in [0.25, 0.3) is 0 Å². The Hall–Kier alpha value is -2.13. The van der Waals surface area contributed by atoms with Crippen LogP contribution in [-0.4, -0.2) is 38.3 Å². The number of carbonyl (C=O) groups is 2. The molecule has 0 spiro atoms. The van der Waals surface area contributed by atoms with Crippen molar-refractivity contribution in [3.05, 3.63) is 52.4 Å². The molecule has 0 aliphatic rings. The quantitative estimate of drug-likeness (QED) is 0.652. The van der Waals surface area contributed by atoms with Crippen molar-refractivity contribution in [2.45, 2.75) is 13.3 Å². The van der Waals surface area contributed by atoms with Gasteiger partial charge in [-0.25, -0.2) is 8.42 Å². The molecule has 2 amide bonds. The van der Waals surface area contributed by atoms with E-state index in [-0.39, 0.29) is 42.0 Å². The van der Waals surface area contributed by atoms with E-state index in [0.717, 1.165) is 5.56 Å². The number of hydrogen-bond donors (Lipinski definition) is 2. The fraction of sp³-hybridized carbons (Fsp3) is 0.294. The lowest BCUT2D eigenvalue weighted by molar-refractivity contribution is -0.120. The summed E-state index contributed by atoms with van der Waals surface area (Å²) in [5, 5.41) is 5.28. The Morgan fingerprint density at radius 2 is 1.81 bits per heavy atom. The average Bonchev–Trinajstić information content (AvgIpc) is 3.03. The van der Waals surface area contributed by atoms with Crippen molar-refractivity contribution in [1.29, 1.82) is 0 Å². The highest BCUT2D eigenvalue weighted by atomic mass is 79.9. The number of amides is 2. The van der Waals surface area contributed by atoms with Crippen molar-refractivity contribution in [2.24, 2.45) is 0 Å². The van der Waals surface area contributed by atoms with Gasteiger partial charge in [-0.05, 0) is 45.8 Å². The Morgan fingerprint density at radius 3 is 2.38 bits per heavy atom. The lowest BCUT2D eigenvalue weighted by Gasteiger charge is -2.07. The minimum absolute atomic E-state index is 0.0605. The van der Waals surface area contributed by atoms with Crippen LogP contribution in [0.5, 0.6) is 0 Å². The molecule has 1 aromatic carbocycles. The second-order valence-electron chi connectivity index (χ2n) is 5.52. The third kappa shape index (κ3) is 6.30. The van der Waals surface area contributed by atoms with Gasteiger partial charge in [0.15, 0.2) is 20.3 Å². The molecule has 0 saturated heterocycles. The summed E-state index contributed by atoms with van der Waals surface area (Å²) in [6, 6.07) is 9.98. The first kappa shape index (κ1) is 20.2. The van der Waals surface area contributed by atoms with Crippen LogP contribution in [-0.2, 0) is 21.1 Å². The van der Waals surface area contributed by atoms with E-state index in [1.54, 1.807) is 43.3 Å². The summed E-state index contributed by atoms with van der Waals surface area (Å²) in [7, 11) is -3.09. The van der Waals surface area contributed by atoms with Crippen LogP contribution in [0.2, 0.25) is 0 Å². The second-order valence-corrected chi connectivity index (χ2v) is 8.77. The second kappa shape index (κ2) is 9.00. The van der Waals surface area contributed by atoms with E-state index in [9.17, 15) is 18.0 Å². The molecule has 2 N–H and O–H groups in total. The molecule has 0 atom stereocenters. The van der Waals surface area contributed by atoms with Crippen LogP contribution >= 0.6 is 15.9 Å². The molecule has 1 heterocycles. The number of carbonyl (C=O) groups excluding carboxylic acids is 2. The van der Waals surface area contributed by atoms with Crippen LogP contribution < -0.4 is 10.6 Å². The molecule has 0 bridgehead atoms. The fourth-order valence-corrected chi connectivity index (χ4v) is 3.08. The first-order valence-corrected chi connectivity index (χ1v) is 10.5. The normalized spacial score (nSPS) is 11.2. The smallest absolute Gasteiger partial charge is 0.291 e. The fourth-order valence-electron chi connectivity index (χ4n) is 2.07. The van der Waals surface area contributed by atoms with Gasteiger partial charge >= 0.3 is 0 Å². The van der Waals surface area contributed by atoms with Crippen molar-refractivity contribution < 1.29 is 22.4 Å². The highest BCUT2D eigenvalue weighted by molar-refractivity contribution is 9.10. The largest absolute Gasteiger partial charge is 0.444 e. The lowest BCUT2D eigenvalue weighted by atomic mass is 10.1. The molecule has 2 rings (SSSR count). The van der Waals surface area contributed by atoms with Gasteiger partial charge in [0, 0.05) is 18.0 Å². The molecule has 1 aromatic heterocycles. The zero-order valence-corrected chi connectivity index (χ0v) is 16.5. The van der Waals surface area contributed by atoms with E-state index in [0.29, 0.717) is 10.4 Å². The Kier molecular flexibility index (Phi) is 6.98. The summed E-state index contributed by atoms with van der Waals surface area (Å²) in [6.07, 6.45) is 0.130. The van der Waals surface area contributed by atoms with E-state index in [4.69, 9.17) is 4.42 Å². The molecule has 7 nitrogen and oxygen atoms in total. The molecule has 0 radical (unpaired) electrons. The Balaban J connectivity index is 1.83. The molecular formula is C17H19BrN2O5S. The van der Waals surface area contributed by atoms with E-state index >= 15 is 0 Å². The molecule has 0 unspecified atom stereocenters. The van der Waals surface area contributed by atoms with Crippen molar-refractivity contribution in [1.82, 2.24) is 5.32 Å². The summed E-state index contributed by atoms with van der Waals surface area (Å²) in [5.41, 5.74) is 1.32. The monoisotopic (exact) mass is 442 g/mol. The van der Waals surface area contributed by atoms with E-state index in [1.165, 1.54) is 0 Å². The summed E-state index contributed by atoms with van der Waals surface area (Å²) >= 11 is 3.13. The van der Waals surface area contributed by atoms with Crippen LogP contribution in [0.4, 0.5) is 5.69 Å². The SMILES string of the molecule is CCS(=O)(=O)CCNC(=O)Cc1ccc(NC(=O)c2ccc(Br)o2)cc1. The van der Waals surface area contributed by atoms with E-state index in [2.05, 4.69) is 26.6 Å². The van der Waals surface area contributed by atoms with Gasteiger partial charge < -0.3 is 15.1 Å². The summed E-state index contributed by atoms with van der Waals surface area (Å²) in [5.74, 6) is -0.456. The van der Waals surface area contributed by atoms with E-state index < -0.39 is 9.84 Å². The maximum atomic E-state index is 12.0. The summed E-state index contributed by atoms with van der Waals surface area (Å²) in [4.78, 5) is 23.8. The molecule has 9 heteroatoms. The predicted molar refractivity (Wildman–Crippen MR) is 102 cm³/mol. The van der Waals surface area contributed by atoms with Crippen LogP contribution in [0.1, 0.15) is 23.0 Å². The molecule has 2 aromatic rings. The van der Waals surface area contributed by atoms with Crippen molar-refractivity contribution >= 4 is 43.3 Å². The zero-order valence-electron chi connectivity index (χ0n) is 14.1. The van der Waals surface area contributed by atoms with Crippen LogP contribution in [0, 0.1) is 0 Å². The van der Waals surface area contributed by atoms with Crippen molar-refractivity contribution in [3.8, 4) is 0 Å². The number of rotatable bonds is 8. The number of anilines is 1. The zero-order chi connectivity index (χ0) is 19.2. The number of sulfone groups is 1. The lowest BCUT2D eigenvalue weighted by Crippen LogP contribution is -2.30.